The number of rotatable bonds is 6. The van der Waals surface area contributed by atoms with E-state index in [0.29, 0.717) is 42.7 Å². The molecule has 0 spiro atoms. The molecule has 0 saturated carbocycles. The third kappa shape index (κ3) is 5.08. The number of aliphatic hydroxyl groups is 1. The SMILES string of the molecule is O=C(CN1CCC(O)(c2ccccc2)CC1)Nc1ccc(C(=O)c2ccccc2)cc1. The van der Waals surface area contributed by atoms with Crippen LogP contribution in [0.25, 0.3) is 0 Å². The molecule has 1 aliphatic rings. The van der Waals surface area contributed by atoms with Crippen molar-refractivity contribution in [2.75, 3.05) is 25.0 Å². The van der Waals surface area contributed by atoms with Gasteiger partial charge < -0.3 is 10.4 Å². The summed E-state index contributed by atoms with van der Waals surface area (Å²) in [7, 11) is 0. The lowest BCUT2D eigenvalue weighted by molar-refractivity contribution is -0.118. The van der Waals surface area contributed by atoms with Crippen molar-refractivity contribution in [3.05, 3.63) is 102 Å². The van der Waals surface area contributed by atoms with E-state index in [1.165, 1.54) is 0 Å². The van der Waals surface area contributed by atoms with Gasteiger partial charge in [-0.05, 0) is 42.7 Å². The average Bonchev–Trinajstić information content (AvgIpc) is 2.82. The van der Waals surface area contributed by atoms with Crippen molar-refractivity contribution in [2.24, 2.45) is 0 Å². The normalized spacial score (nSPS) is 15.9. The van der Waals surface area contributed by atoms with Crippen molar-refractivity contribution in [1.29, 1.82) is 0 Å². The van der Waals surface area contributed by atoms with Crippen LogP contribution in [0.1, 0.15) is 34.3 Å². The maximum atomic E-state index is 12.5. The zero-order chi connectivity index (χ0) is 21.7. The molecule has 1 saturated heterocycles. The molecule has 158 valence electrons. The van der Waals surface area contributed by atoms with Crippen LogP contribution in [0, 0.1) is 0 Å². The average molecular weight is 415 g/mol. The van der Waals surface area contributed by atoms with Gasteiger partial charge in [-0.25, -0.2) is 0 Å². The van der Waals surface area contributed by atoms with E-state index in [4.69, 9.17) is 0 Å². The second-order valence-electron chi connectivity index (χ2n) is 7.99. The summed E-state index contributed by atoms with van der Waals surface area (Å²) in [6.07, 6.45) is 1.20. The fourth-order valence-corrected chi connectivity index (χ4v) is 3.98. The molecule has 31 heavy (non-hydrogen) atoms. The Morgan fingerprint density at radius 3 is 1.97 bits per heavy atom. The second-order valence-corrected chi connectivity index (χ2v) is 7.99. The number of ketones is 1. The van der Waals surface area contributed by atoms with Gasteiger partial charge in [0.15, 0.2) is 5.78 Å². The Morgan fingerprint density at radius 2 is 1.35 bits per heavy atom. The molecule has 0 unspecified atom stereocenters. The topological polar surface area (TPSA) is 69.6 Å². The number of amides is 1. The monoisotopic (exact) mass is 414 g/mol. The summed E-state index contributed by atoms with van der Waals surface area (Å²) in [5.74, 6) is -0.148. The van der Waals surface area contributed by atoms with Crippen molar-refractivity contribution in [1.82, 2.24) is 4.90 Å². The minimum atomic E-state index is -0.824. The Bertz CT molecular complexity index is 1030. The Morgan fingerprint density at radius 1 is 0.806 bits per heavy atom. The fraction of sp³-hybridized carbons (Fsp3) is 0.231. The summed E-state index contributed by atoms with van der Waals surface area (Å²) < 4.78 is 0. The molecule has 0 radical (unpaired) electrons. The smallest absolute Gasteiger partial charge is 0.238 e. The lowest BCUT2D eigenvalue weighted by atomic mass is 9.84. The van der Waals surface area contributed by atoms with Crippen molar-refractivity contribution >= 4 is 17.4 Å². The Kier molecular flexibility index (Phi) is 6.26. The molecule has 0 aliphatic carbocycles. The van der Waals surface area contributed by atoms with Gasteiger partial charge in [0.25, 0.3) is 0 Å². The van der Waals surface area contributed by atoms with E-state index >= 15 is 0 Å². The van der Waals surface area contributed by atoms with Gasteiger partial charge in [-0.3, -0.25) is 14.5 Å². The summed E-state index contributed by atoms with van der Waals surface area (Å²) >= 11 is 0. The molecule has 2 N–H and O–H groups in total. The van der Waals surface area contributed by atoms with E-state index in [-0.39, 0.29) is 18.2 Å². The van der Waals surface area contributed by atoms with Crippen LogP contribution >= 0.6 is 0 Å². The molecule has 0 aromatic heterocycles. The number of hydrogen-bond acceptors (Lipinski definition) is 4. The summed E-state index contributed by atoms with van der Waals surface area (Å²) in [6, 6.07) is 25.8. The number of carbonyl (C=O) groups excluding carboxylic acids is 2. The number of carbonyl (C=O) groups is 2. The van der Waals surface area contributed by atoms with E-state index in [0.717, 1.165) is 5.56 Å². The Balaban J connectivity index is 1.29. The maximum absolute atomic E-state index is 12.5. The largest absolute Gasteiger partial charge is 0.385 e. The third-order valence-corrected chi connectivity index (χ3v) is 5.83. The highest BCUT2D eigenvalue weighted by atomic mass is 16.3. The van der Waals surface area contributed by atoms with Gasteiger partial charge in [0.05, 0.1) is 12.1 Å². The highest BCUT2D eigenvalue weighted by Crippen LogP contribution is 2.32. The molecular formula is C26H26N2O3. The van der Waals surface area contributed by atoms with Crippen LogP contribution in [0.3, 0.4) is 0 Å². The first-order valence-electron chi connectivity index (χ1n) is 10.5. The van der Waals surface area contributed by atoms with Crippen molar-refractivity contribution in [2.45, 2.75) is 18.4 Å². The minimum Gasteiger partial charge on any atom is -0.385 e. The number of piperidine rings is 1. The summed E-state index contributed by atoms with van der Waals surface area (Å²) in [6.45, 7) is 1.59. The molecule has 5 heteroatoms. The predicted molar refractivity (Wildman–Crippen MR) is 121 cm³/mol. The molecule has 4 rings (SSSR count). The number of nitrogens with zero attached hydrogens (tertiary/aromatic N) is 1. The van der Waals surface area contributed by atoms with Gasteiger partial charge in [-0.2, -0.15) is 0 Å². The Labute approximate surface area is 182 Å². The zero-order valence-corrected chi connectivity index (χ0v) is 17.3. The van der Waals surface area contributed by atoms with Gasteiger partial charge in [0.2, 0.25) is 5.91 Å². The number of hydrogen-bond donors (Lipinski definition) is 2. The summed E-state index contributed by atoms with van der Waals surface area (Å²) in [5, 5.41) is 13.8. The molecule has 1 amide bonds. The van der Waals surface area contributed by atoms with Crippen LogP contribution in [-0.2, 0) is 10.4 Å². The Hall–Kier alpha value is -3.28. The van der Waals surface area contributed by atoms with E-state index in [1.54, 1.807) is 36.4 Å². The third-order valence-electron chi connectivity index (χ3n) is 5.83. The van der Waals surface area contributed by atoms with E-state index in [1.807, 2.05) is 48.5 Å². The van der Waals surface area contributed by atoms with Crippen LogP contribution in [-0.4, -0.2) is 41.3 Å². The molecule has 5 nitrogen and oxygen atoms in total. The minimum absolute atomic E-state index is 0.0438. The highest BCUT2D eigenvalue weighted by molar-refractivity contribution is 6.09. The number of benzene rings is 3. The summed E-state index contributed by atoms with van der Waals surface area (Å²) in [4.78, 5) is 27.0. The van der Waals surface area contributed by atoms with Gasteiger partial charge in [-0.1, -0.05) is 60.7 Å². The standard InChI is InChI=1S/C26H26N2O3/c29-24(19-28-17-15-26(31,16-18-28)22-9-5-2-6-10-22)27-23-13-11-21(12-14-23)25(30)20-7-3-1-4-8-20/h1-14,31H,15-19H2,(H,27,29). The molecule has 0 bridgehead atoms. The van der Waals surface area contributed by atoms with Crippen LogP contribution in [0.4, 0.5) is 5.69 Å². The number of anilines is 1. The molecule has 3 aromatic carbocycles. The molecular weight excluding hydrogens is 388 g/mol. The fourth-order valence-electron chi connectivity index (χ4n) is 3.98. The first kappa shape index (κ1) is 21.0. The highest BCUT2D eigenvalue weighted by Gasteiger charge is 2.34. The molecule has 1 heterocycles. The quantitative estimate of drug-likeness (QED) is 0.602. The van der Waals surface area contributed by atoms with Crippen LogP contribution in [0.15, 0.2) is 84.9 Å². The van der Waals surface area contributed by atoms with E-state index < -0.39 is 5.60 Å². The zero-order valence-electron chi connectivity index (χ0n) is 17.3. The number of nitrogens with one attached hydrogen (secondary N) is 1. The van der Waals surface area contributed by atoms with Crippen LogP contribution < -0.4 is 5.32 Å². The van der Waals surface area contributed by atoms with Crippen molar-refractivity contribution in [3.8, 4) is 0 Å². The first-order valence-corrected chi connectivity index (χ1v) is 10.5. The predicted octanol–water partition coefficient (Wildman–Crippen LogP) is 3.84. The second kappa shape index (κ2) is 9.25. The van der Waals surface area contributed by atoms with Gasteiger partial charge in [0, 0.05) is 29.9 Å². The lowest BCUT2D eigenvalue weighted by Gasteiger charge is -2.38. The van der Waals surface area contributed by atoms with E-state index in [9.17, 15) is 14.7 Å². The first-order chi connectivity index (χ1) is 15.0. The van der Waals surface area contributed by atoms with Crippen molar-refractivity contribution < 1.29 is 14.7 Å². The van der Waals surface area contributed by atoms with Crippen molar-refractivity contribution in [3.63, 3.8) is 0 Å². The van der Waals surface area contributed by atoms with Crippen LogP contribution in [0.5, 0.6) is 0 Å². The van der Waals surface area contributed by atoms with Gasteiger partial charge >= 0.3 is 0 Å². The van der Waals surface area contributed by atoms with E-state index in [2.05, 4.69) is 10.2 Å². The van der Waals surface area contributed by atoms with Gasteiger partial charge in [0.1, 0.15) is 0 Å². The summed E-state index contributed by atoms with van der Waals surface area (Å²) in [5.41, 5.74) is 1.99. The molecule has 1 aliphatic heterocycles. The molecule has 0 atom stereocenters. The van der Waals surface area contributed by atoms with Gasteiger partial charge in [-0.15, -0.1) is 0 Å². The van der Waals surface area contributed by atoms with Crippen LogP contribution in [0.2, 0.25) is 0 Å². The number of likely N-dealkylation sites (tertiary alicyclic amines) is 1. The molecule has 1 fully saturated rings. The molecule has 3 aromatic rings. The maximum Gasteiger partial charge on any atom is 0.238 e. The lowest BCUT2D eigenvalue weighted by Crippen LogP contribution is -2.45.